The number of hydrogen-bond donors (Lipinski definition) is 1. The third kappa shape index (κ3) is 3.40. The van der Waals surface area contributed by atoms with Crippen LogP contribution >= 0.6 is 15.9 Å². The second-order valence-corrected chi connectivity index (χ2v) is 6.29. The fraction of sp³-hybridized carbons (Fsp3) is 0.533. The number of carbonyl (C=O) groups excluding carboxylic acids is 1. The molecule has 20 heavy (non-hydrogen) atoms. The predicted molar refractivity (Wildman–Crippen MR) is 80.3 cm³/mol. The summed E-state index contributed by atoms with van der Waals surface area (Å²) in [5.41, 5.74) is 1.21. The molecular weight excluding hydrogens is 320 g/mol. The topological polar surface area (TPSA) is 41.6 Å². The van der Waals surface area contributed by atoms with E-state index >= 15 is 0 Å². The monoisotopic (exact) mass is 338 g/mol. The summed E-state index contributed by atoms with van der Waals surface area (Å²) >= 11 is 3.57. The Labute approximate surface area is 127 Å². The zero-order valence-corrected chi connectivity index (χ0v) is 12.9. The molecule has 2 aliphatic rings. The van der Waals surface area contributed by atoms with Crippen molar-refractivity contribution in [3.8, 4) is 0 Å². The standard InChI is InChI=1S/C15H19BrN2O2/c16-13-4-2-1-3-11(13)9-18-7-8-20-10-14(18)15(19)17-12-5-6-12/h1-4,12,14H,5-10H2,(H,17,19). The van der Waals surface area contributed by atoms with Gasteiger partial charge >= 0.3 is 0 Å². The normalized spacial score (nSPS) is 23.6. The predicted octanol–water partition coefficient (Wildman–Crippen LogP) is 1.93. The van der Waals surface area contributed by atoms with E-state index in [1.54, 1.807) is 0 Å². The molecule has 2 fully saturated rings. The first kappa shape index (κ1) is 14.0. The molecule has 108 valence electrons. The van der Waals surface area contributed by atoms with E-state index in [1.807, 2.05) is 18.2 Å². The van der Waals surface area contributed by atoms with Gasteiger partial charge in [0.05, 0.1) is 13.2 Å². The van der Waals surface area contributed by atoms with Crippen molar-refractivity contribution >= 4 is 21.8 Å². The molecule has 4 nitrogen and oxygen atoms in total. The highest BCUT2D eigenvalue weighted by Crippen LogP contribution is 2.22. The van der Waals surface area contributed by atoms with Crippen LogP contribution in [-0.2, 0) is 16.1 Å². The van der Waals surface area contributed by atoms with E-state index in [-0.39, 0.29) is 11.9 Å². The molecule has 1 amide bonds. The van der Waals surface area contributed by atoms with Crippen LogP contribution in [0.4, 0.5) is 0 Å². The molecule has 1 unspecified atom stereocenters. The Kier molecular flexibility index (Phi) is 4.38. The van der Waals surface area contributed by atoms with E-state index in [4.69, 9.17) is 4.74 Å². The highest BCUT2D eigenvalue weighted by molar-refractivity contribution is 9.10. The molecular formula is C15H19BrN2O2. The smallest absolute Gasteiger partial charge is 0.239 e. The summed E-state index contributed by atoms with van der Waals surface area (Å²) in [5, 5.41) is 3.08. The van der Waals surface area contributed by atoms with Crippen molar-refractivity contribution in [2.45, 2.75) is 31.5 Å². The van der Waals surface area contributed by atoms with Gasteiger partial charge in [-0.1, -0.05) is 34.1 Å². The Morgan fingerprint density at radius 2 is 2.20 bits per heavy atom. The minimum absolute atomic E-state index is 0.110. The maximum absolute atomic E-state index is 12.3. The minimum Gasteiger partial charge on any atom is -0.378 e. The van der Waals surface area contributed by atoms with E-state index < -0.39 is 0 Å². The quantitative estimate of drug-likeness (QED) is 0.911. The molecule has 0 radical (unpaired) electrons. The summed E-state index contributed by atoms with van der Waals surface area (Å²) in [7, 11) is 0. The van der Waals surface area contributed by atoms with Gasteiger partial charge in [-0.05, 0) is 24.5 Å². The van der Waals surface area contributed by atoms with E-state index in [0.717, 1.165) is 30.4 Å². The lowest BCUT2D eigenvalue weighted by Crippen LogP contribution is -2.53. The second-order valence-electron chi connectivity index (χ2n) is 5.44. The lowest BCUT2D eigenvalue weighted by atomic mass is 10.1. The molecule has 1 saturated carbocycles. The number of benzene rings is 1. The number of carbonyl (C=O) groups is 1. The van der Waals surface area contributed by atoms with Crippen molar-refractivity contribution in [2.24, 2.45) is 0 Å². The van der Waals surface area contributed by atoms with Gasteiger partial charge in [-0.3, -0.25) is 9.69 Å². The number of hydrogen-bond acceptors (Lipinski definition) is 3. The zero-order valence-electron chi connectivity index (χ0n) is 11.3. The van der Waals surface area contributed by atoms with E-state index in [9.17, 15) is 4.79 Å². The molecule has 0 bridgehead atoms. The first-order valence-electron chi connectivity index (χ1n) is 7.09. The summed E-state index contributed by atoms with van der Waals surface area (Å²) in [4.78, 5) is 14.5. The summed E-state index contributed by atoms with van der Waals surface area (Å²) < 4.78 is 6.58. The molecule has 1 aromatic carbocycles. The third-order valence-electron chi connectivity index (χ3n) is 3.80. The van der Waals surface area contributed by atoms with Gasteiger partial charge in [0, 0.05) is 23.6 Å². The van der Waals surface area contributed by atoms with E-state index in [2.05, 4.69) is 32.2 Å². The fourth-order valence-electron chi connectivity index (χ4n) is 2.44. The van der Waals surface area contributed by atoms with Gasteiger partial charge in [-0.2, -0.15) is 0 Å². The van der Waals surface area contributed by atoms with Crippen LogP contribution in [0.1, 0.15) is 18.4 Å². The minimum atomic E-state index is -0.170. The molecule has 0 aromatic heterocycles. The van der Waals surface area contributed by atoms with Crippen LogP contribution in [0.3, 0.4) is 0 Å². The molecule has 1 aromatic rings. The lowest BCUT2D eigenvalue weighted by Gasteiger charge is -2.34. The third-order valence-corrected chi connectivity index (χ3v) is 4.57. The van der Waals surface area contributed by atoms with E-state index in [1.165, 1.54) is 5.56 Å². The molecule has 3 rings (SSSR count). The molecule has 1 atom stereocenters. The number of rotatable bonds is 4. The number of halogens is 1. The van der Waals surface area contributed by atoms with Gasteiger partial charge in [0.2, 0.25) is 5.91 Å². The van der Waals surface area contributed by atoms with Gasteiger partial charge in [0.1, 0.15) is 6.04 Å². The van der Waals surface area contributed by atoms with Crippen LogP contribution in [0.25, 0.3) is 0 Å². The van der Waals surface area contributed by atoms with Gasteiger partial charge in [-0.25, -0.2) is 0 Å². The average Bonchev–Trinajstić information content (AvgIpc) is 3.26. The second kappa shape index (κ2) is 6.24. The maximum Gasteiger partial charge on any atom is 0.239 e. The van der Waals surface area contributed by atoms with Crippen molar-refractivity contribution in [3.63, 3.8) is 0 Å². The van der Waals surface area contributed by atoms with E-state index in [0.29, 0.717) is 19.3 Å². The van der Waals surface area contributed by atoms with Crippen molar-refractivity contribution in [1.82, 2.24) is 10.2 Å². The highest BCUT2D eigenvalue weighted by Gasteiger charge is 2.33. The van der Waals surface area contributed by atoms with Gasteiger partial charge < -0.3 is 10.1 Å². The molecule has 1 N–H and O–H groups in total. The van der Waals surface area contributed by atoms with Crippen LogP contribution < -0.4 is 5.32 Å². The summed E-state index contributed by atoms with van der Waals surface area (Å²) in [5.74, 6) is 0.110. The van der Waals surface area contributed by atoms with Crippen molar-refractivity contribution < 1.29 is 9.53 Å². The van der Waals surface area contributed by atoms with Crippen LogP contribution in [0.15, 0.2) is 28.7 Å². The number of nitrogens with one attached hydrogen (secondary N) is 1. The number of ether oxygens (including phenoxy) is 1. The first-order chi connectivity index (χ1) is 9.74. The van der Waals surface area contributed by atoms with Crippen LogP contribution in [0.5, 0.6) is 0 Å². The average molecular weight is 339 g/mol. The lowest BCUT2D eigenvalue weighted by molar-refractivity contribution is -0.133. The van der Waals surface area contributed by atoms with Crippen LogP contribution in [-0.4, -0.2) is 42.6 Å². The zero-order chi connectivity index (χ0) is 13.9. The van der Waals surface area contributed by atoms with Crippen molar-refractivity contribution in [3.05, 3.63) is 34.3 Å². The number of nitrogens with zero attached hydrogens (tertiary/aromatic N) is 1. The Morgan fingerprint density at radius 3 is 2.95 bits per heavy atom. The molecule has 0 spiro atoms. The molecule has 1 heterocycles. The van der Waals surface area contributed by atoms with Gasteiger partial charge in [0.25, 0.3) is 0 Å². The van der Waals surface area contributed by atoms with Crippen molar-refractivity contribution in [1.29, 1.82) is 0 Å². The molecule has 1 aliphatic heterocycles. The Bertz CT molecular complexity index is 491. The number of morpholine rings is 1. The SMILES string of the molecule is O=C(NC1CC1)C1COCCN1Cc1ccccc1Br. The largest absolute Gasteiger partial charge is 0.378 e. The van der Waals surface area contributed by atoms with Gasteiger partial charge in [0.15, 0.2) is 0 Å². The summed E-state index contributed by atoms with van der Waals surface area (Å²) in [6, 6.07) is 8.39. The Hall–Kier alpha value is -0.910. The fourth-order valence-corrected chi connectivity index (χ4v) is 2.85. The molecule has 5 heteroatoms. The molecule has 1 saturated heterocycles. The summed E-state index contributed by atoms with van der Waals surface area (Å²) in [6.45, 7) is 2.75. The maximum atomic E-state index is 12.3. The first-order valence-corrected chi connectivity index (χ1v) is 7.89. The Morgan fingerprint density at radius 1 is 1.40 bits per heavy atom. The number of amides is 1. The Balaban J connectivity index is 1.68. The van der Waals surface area contributed by atoms with Crippen LogP contribution in [0, 0.1) is 0 Å². The summed E-state index contributed by atoms with van der Waals surface area (Å²) in [6.07, 6.45) is 2.23. The molecule has 1 aliphatic carbocycles. The van der Waals surface area contributed by atoms with Gasteiger partial charge in [-0.15, -0.1) is 0 Å². The van der Waals surface area contributed by atoms with Crippen LogP contribution in [0.2, 0.25) is 0 Å². The van der Waals surface area contributed by atoms with Crippen molar-refractivity contribution in [2.75, 3.05) is 19.8 Å². The highest BCUT2D eigenvalue weighted by atomic mass is 79.9.